The first kappa shape index (κ1) is 22.5. The van der Waals surface area contributed by atoms with Gasteiger partial charge in [-0.05, 0) is 55.6 Å². The maximum absolute atomic E-state index is 14.1. The van der Waals surface area contributed by atoms with Gasteiger partial charge in [-0.2, -0.15) is 0 Å². The van der Waals surface area contributed by atoms with Crippen LogP contribution < -0.4 is 15.5 Å². The summed E-state index contributed by atoms with van der Waals surface area (Å²) in [6, 6.07) is 12.0. The molecule has 1 aromatic heterocycles. The van der Waals surface area contributed by atoms with Gasteiger partial charge in [0.25, 0.3) is 0 Å². The van der Waals surface area contributed by atoms with Crippen LogP contribution in [0.25, 0.3) is 0 Å². The van der Waals surface area contributed by atoms with Gasteiger partial charge >= 0.3 is 0 Å². The molecule has 2 aromatic rings. The number of guanidine groups is 1. The van der Waals surface area contributed by atoms with Gasteiger partial charge in [-0.15, -0.1) is 0 Å². The Balaban J connectivity index is 1.31. The average Bonchev–Trinajstić information content (AvgIpc) is 3.12. The molecule has 0 bridgehead atoms. The molecule has 2 aliphatic rings. The minimum Gasteiger partial charge on any atom is -0.352 e. The number of aromatic nitrogens is 1. The molecule has 32 heavy (non-hydrogen) atoms. The second-order valence-corrected chi connectivity index (χ2v) is 8.77. The van der Waals surface area contributed by atoms with E-state index in [-0.39, 0.29) is 11.9 Å². The summed E-state index contributed by atoms with van der Waals surface area (Å²) in [6.45, 7) is 5.62. The number of pyridine rings is 1. The van der Waals surface area contributed by atoms with E-state index in [0.29, 0.717) is 12.4 Å². The number of anilines is 1. The summed E-state index contributed by atoms with van der Waals surface area (Å²) in [5.41, 5.74) is 2.69. The summed E-state index contributed by atoms with van der Waals surface area (Å²) in [6.07, 6.45) is 7.88. The molecule has 0 saturated carbocycles. The first-order chi connectivity index (χ1) is 15.7. The second kappa shape index (κ2) is 11.3. The Kier molecular flexibility index (Phi) is 7.93. The van der Waals surface area contributed by atoms with Crippen LogP contribution in [-0.2, 0) is 13.1 Å². The van der Waals surface area contributed by atoms with Gasteiger partial charge in [0, 0.05) is 45.5 Å². The maximum atomic E-state index is 14.1. The van der Waals surface area contributed by atoms with Gasteiger partial charge in [0.15, 0.2) is 17.6 Å². The van der Waals surface area contributed by atoms with E-state index in [1.165, 1.54) is 56.0 Å². The first-order valence-corrected chi connectivity index (χ1v) is 11.8. The van der Waals surface area contributed by atoms with Gasteiger partial charge in [-0.25, -0.2) is 9.37 Å². The van der Waals surface area contributed by atoms with Gasteiger partial charge in [0.2, 0.25) is 0 Å². The lowest BCUT2D eigenvalue weighted by Crippen LogP contribution is -2.44. The molecule has 1 aromatic carbocycles. The topological polar surface area (TPSA) is 55.8 Å². The van der Waals surface area contributed by atoms with E-state index in [0.717, 1.165) is 32.0 Å². The van der Waals surface area contributed by atoms with Crippen LogP contribution in [0.4, 0.5) is 10.2 Å². The van der Waals surface area contributed by atoms with Crippen molar-refractivity contribution in [1.82, 2.24) is 20.5 Å². The van der Waals surface area contributed by atoms with E-state index in [4.69, 9.17) is 0 Å². The Hall–Kier alpha value is -2.67. The zero-order chi connectivity index (χ0) is 22.2. The summed E-state index contributed by atoms with van der Waals surface area (Å²) in [4.78, 5) is 13.2. The number of likely N-dealkylation sites (tertiary alicyclic amines) is 1. The molecule has 3 heterocycles. The minimum atomic E-state index is -0.267. The Morgan fingerprint density at radius 3 is 2.59 bits per heavy atom. The minimum absolute atomic E-state index is 0.204. The number of nitrogens with one attached hydrogen (secondary N) is 2. The third-order valence-electron chi connectivity index (χ3n) is 6.45. The van der Waals surface area contributed by atoms with Crippen molar-refractivity contribution >= 4 is 11.8 Å². The van der Waals surface area contributed by atoms with Crippen LogP contribution in [0.5, 0.6) is 0 Å². The standard InChI is InChI=1S/C25H35FN6/c1-27-25(30-22-12-16-32(19-22)24-23(26)11-8-13-28-24)29-17-20-9-4-5-10-21(20)18-31-14-6-2-3-7-15-31/h4-5,8-11,13,22H,2-3,6-7,12,14-19H2,1H3,(H2,27,29,30). The highest BCUT2D eigenvalue weighted by Crippen LogP contribution is 2.21. The smallest absolute Gasteiger partial charge is 0.191 e. The van der Waals surface area contributed by atoms with Crippen molar-refractivity contribution in [3.63, 3.8) is 0 Å². The Labute approximate surface area is 190 Å². The molecule has 0 aliphatic carbocycles. The zero-order valence-corrected chi connectivity index (χ0v) is 19.1. The Morgan fingerprint density at radius 1 is 1.06 bits per heavy atom. The lowest BCUT2D eigenvalue weighted by molar-refractivity contribution is 0.276. The Bertz CT molecular complexity index is 894. The van der Waals surface area contributed by atoms with E-state index in [1.807, 2.05) is 4.90 Å². The number of nitrogens with zero attached hydrogens (tertiary/aromatic N) is 4. The van der Waals surface area contributed by atoms with Gasteiger partial charge < -0.3 is 15.5 Å². The van der Waals surface area contributed by atoms with Crippen molar-refractivity contribution in [2.24, 2.45) is 4.99 Å². The summed E-state index contributed by atoms with van der Waals surface area (Å²) in [7, 11) is 1.80. The number of hydrogen-bond donors (Lipinski definition) is 2. The van der Waals surface area contributed by atoms with Crippen LogP contribution in [0, 0.1) is 5.82 Å². The van der Waals surface area contributed by atoms with E-state index < -0.39 is 0 Å². The van der Waals surface area contributed by atoms with Gasteiger partial charge in [0.1, 0.15) is 0 Å². The van der Waals surface area contributed by atoms with Crippen molar-refractivity contribution in [3.8, 4) is 0 Å². The highest BCUT2D eigenvalue weighted by Gasteiger charge is 2.26. The molecule has 0 radical (unpaired) electrons. The van der Waals surface area contributed by atoms with Crippen molar-refractivity contribution < 1.29 is 4.39 Å². The van der Waals surface area contributed by atoms with Crippen molar-refractivity contribution in [2.45, 2.75) is 51.2 Å². The highest BCUT2D eigenvalue weighted by atomic mass is 19.1. The predicted octanol–water partition coefficient (Wildman–Crippen LogP) is 3.54. The predicted molar refractivity (Wildman–Crippen MR) is 128 cm³/mol. The molecule has 2 saturated heterocycles. The molecule has 0 spiro atoms. The lowest BCUT2D eigenvalue weighted by Gasteiger charge is -2.22. The van der Waals surface area contributed by atoms with Crippen LogP contribution in [0.1, 0.15) is 43.2 Å². The number of benzene rings is 1. The molecule has 7 heteroatoms. The Morgan fingerprint density at radius 2 is 1.84 bits per heavy atom. The van der Waals surface area contributed by atoms with Crippen LogP contribution in [0.3, 0.4) is 0 Å². The van der Waals surface area contributed by atoms with E-state index >= 15 is 0 Å². The van der Waals surface area contributed by atoms with Crippen LogP contribution in [0.15, 0.2) is 47.6 Å². The molecule has 2 fully saturated rings. The second-order valence-electron chi connectivity index (χ2n) is 8.77. The monoisotopic (exact) mass is 438 g/mol. The first-order valence-electron chi connectivity index (χ1n) is 11.8. The molecular formula is C25H35FN6. The fourth-order valence-corrected chi connectivity index (χ4v) is 4.67. The normalized spacial score (nSPS) is 20.2. The molecule has 2 aliphatic heterocycles. The molecule has 172 valence electrons. The number of hydrogen-bond acceptors (Lipinski definition) is 4. The highest BCUT2D eigenvalue weighted by molar-refractivity contribution is 5.80. The molecular weight excluding hydrogens is 403 g/mol. The van der Waals surface area contributed by atoms with Crippen molar-refractivity contribution in [3.05, 3.63) is 59.5 Å². The van der Waals surface area contributed by atoms with E-state index in [1.54, 1.807) is 19.3 Å². The average molecular weight is 439 g/mol. The quantitative estimate of drug-likeness (QED) is 0.534. The molecule has 6 nitrogen and oxygen atoms in total. The number of halogens is 1. The largest absolute Gasteiger partial charge is 0.352 e. The summed E-state index contributed by atoms with van der Waals surface area (Å²) in [5.74, 6) is 0.946. The van der Waals surface area contributed by atoms with Gasteiger partial charge in [0.05, 0.1) is 0 Å². The fourth-order valence-electron chi connectivity index (χ4n) is 4.67. The van der Waals surface area contributed by atoms with Crippen LogP contribution in [0.2, 0.25) is 0 Å². The molecule has 1 atom stereocenters. The molecule has 2 N–H and O–H groups in total. The van der Waals surface area contributed by atoms with Crippen LogP contribution >= 0.6 is 0 Å². The third kappa shape index (κ3) is 5.97. The summed E-state index contributed by atoms with van der Waals surface area (Å²) >= 11 is 0. The number of rotatable bonds is 6. The lowest BCUT2D eigenvalue weighted by atomic mass is 10.1. The third-order valence-corrected chi connectivity index (χ3v) is 6.45. The SMILES string of the molecule is CN=C(NCc1ccccc1CN1CCCCCC1)NC1CCN(c2ncccc2F)C1. The zero-order valence-electron chi connectivity index (χ0n) is 19.1. The number of aliphatic imine (C=N–C) groups is 1. The molecule has 1 unspecified atom stereocenters. The van der Waals surface area contributed by atoms with Gasteiger partial charge in [-0.3, -0.25) is 9.89 Å². The van der Waals surface area contributed by atoms with E-state index in [9.17, 15) is 4.39 Å². The van der Waals surface area contributed by atoms with Crippen molar-refractivity contribution in [1.29, 1.82) is 0 Å². The summed E-state index contributed by atoms with van der Waals surface area (Å²) in [5, 5.41) is 6.98. The maximum Gasteiger partial charge on any atom is 0.191 e. The van der Waals surface area contributed by atoms with E-state index in [2.05, 4.69) is 49.8 Å². The van der Waals surface area contributed by atoms with Gasteiger partial charge in [-0.1, -0.05) is 37.1 Å². The molecule has 0 amide bonds. The summed E-state index contributed by atoms with van der Waals surface area (Å²) < 4.78 is 14.1. The molecule has 4 rings (SSSR count). The van der Waals surface area contributed by atoms with Crippen molar-refractivity contribution in [2.75, 3.05) is 38.1 Å². The van der Waals surface area contributed by atoms with Crippen LogP contribution in [-0.4, -0.2) is 55.1 Å². The fraction of sp³-hybridized carbons (Fsp3) is 0.520.